The average Bonchev–Trinajstić information content (AvgIpc) is 3.26. The van der Waals surface area contributed by atoms with Gasteiger partial charge in [0.2, 0.25) is 5.91 Å². The van der Waals surface area contributed by atoms with Crippen LogP contribution in [0.15, 0.2) is 71.4 Å². The first-order valence-corrected chi connectivity index (χ1v) is 11.1. The van der Waals surface area contributed by atoms with Crippen LogP contribution in [0.1, 0.15) is 12.5 Å². The van der Waals surface area contributed by atoms with Crippen LogP contribution in [-0.2, 0) is 4.79 Å². The Balaban J connectivity index is 1.45. The highest BCUT2D eigenvalue weighted by molar-refractivity contribution is 6.30. The summed E-state index contributed by atoms with van der Waals surface area (Å²) in [6.45, 7) is 2.87. The van der Waals surface area contributed by atoms with Crippen molar-refractivity contribution in [2.24, 2.45) is 0 Å². The molecule has 1 amide bonds. The number of carbonyl (C=O) groups excluding carboxylic acids is 1. The summed E-state index contributed by atoms with van der Waals surface area (Å²) in [5.74, 6) is 1.64. The molecule has 0 bridgehead atoms. The van der Waals surface area contributed by atoms with Crippen LogP contribution in [0, 0.1) is 0 Å². The Morgan fingerprint density at radius 1 is 1.03 bits per heavy atom. The van der Waals surface area contributed by atoms with E-state index in [9.17, 15) is 4.79 Å². The Morgan fingerprint density at radius 3 is 2.56 bits per heavy atom. The van der Waals surface area contributed by atoms with Crippen LogP contribution in [0.5, 0.6) is 17.2 Å². The largest absolute Gasteiger partial charge is 0.496 e. The number of benzene rings is 3. The number of halogens is 1. The lowest BCUT2D eigenvalue weighted by molar-refractivity contribution is -0.111. The molecule has 0 atom stereocenters. The van der Waals surface area contributed by atoms with E-state index in [0.717, 1.165) is 27.6 Å². The molecule has 1 aliphatic rings. The Kier molecular flexibility index (Phi) is 5.90. The highest BCUT2D eigenvalue weighted by Gasteiger charge is 2.16. The quantitative estimate of drug-likeness (QED) is 0.330. The number of allylic oxidation sites excluding steroid dienone is 1. The van der Waals surface area contributed by atoms with Crippen LogP contribution in [-0.4, -0.2) is 26.2 Å². The van der Waals surface area contributed by atoms with E-state index in [1.165, 1.54) is 0 Å². The molecule has 34 heavy (non-hydrogen) atoms. The van der Waals surface area contributed by atoms with Crippen molar-refractivity contribution >= 4 is 39.7 Å². The molecule has 0 unspecified atom stereocenters. The molecule has 7 heteroatoms. The van der Waals surface area contributed by atoms with E-state index in [1.54, 1.807) is 37.6 Å². The fraction of sp³-hybridized carbons (Fsp3) is 0.148. The Labute approximate surface area is 201 Å². The van der Waals surface area contributed by atoms with Crippen LogP contribution in [0.25, 0.3) is 27.7 Å². The lowest BCUT2D eigenvalue weighted by atomic mass is 9.99. The van der Waals surface area contributed by atoms with Gasteiger partial charge in [-0.2, -0.15) is 0 Å². The molecule has 6 nitrogen and oxygen atoms in total. The number of methoxy groups -OCH3 is 1. The van der Waals surface area contributed by atoms with E-state index in [4.69, 9.17) is 30.2 Å². The predicted molar refractivity (Wildman–Crippen MR) is 133 cm³/mol. The molecule has 1 aliphatic heterocycles. The molecule has 0 aliphatic carbocycles. The molecule has 0 radical (unpaired) electrons. The van der Waals surface area contributed by atoms with Crippen LogP contribution in [0.2, 0.25) is 5.02 Å². The van der Waals surface area contributed by atoms with Gasteiger partial charge in [-0.1, -0.05) is 23.7 Å². The monoisotopic (exact) mass is 475 g/mol. The van der Waals surface area contributed by atoms with Gasteiger partial charge in [0.1, 0.15) is 24.5 Å². The number of carbonyl (C=O) groups is 1. The lowest BCUT2D eigenvalue weighted by Crippen LogP contribution is -2.16. The molecule has 172 valence electrons. The summed E-state index contributed by atoms with van der Waals surface area (Å²) in [4.78, 5) is 12.8. The fourth-order valence-electron chi connectivity index (χ4n) is 3.96. The molecule has 1 N–H and O–H groups in total. The number of hydrogen-bond acceptors (Lipinski definition) is 5. The average molecular weight is 476 g/mol. The van der Waals surface area contributed by atoms with Gasteiger partial charge in [-0.3, -0.25) is 4.79 Å². The van der Waals surface area contributed by atoms with Crippen molar-refractivity contribution in [2.45, 2.75) is 6.92 Å². The first-order chi connectivity index (χ1) is 16.5. The normalized spacial score (nSPS) is 13.1. The van der Waals surface area contributed by atoms with Crippen LogP contribution in [0.4, 0.5) is 5.69 Å². The van der Waals surface area contributed by atoms with E-state index in [1.807, 2.05) is 43.3 Å². The minimum atomic E-state index is -0.263. The maximum atomic E-state index is 12.8. The molecule has 0 spiro atoms. The van der Waals surface area contributed by atoms with Gasteiger partial charge in [0, 0.05) is 45.4 Å². The molecular weight excluding hydrogens is 454 g/mol. The van der Waals surface area contributed by atoms with Crippen molar-refractivity contribution in [3.8, 4) is 28.4 Å². The SMILES string of the molecule is COc1cc2occ(-c3ccc(Cl)cc3)c2cc1/C(C)=C/C(=O)Nc1ccc2c(c1)OCCO2. The number of nitrogens with one attached hydrogen (secondary N) is 1. The van der Waals surface area contributed by atoms with E-state index in [0.29, 0.717) is 46.8 Å². The molecule has 0 saturated heterocycles. The topological polar surface area (TPSA) is 69.9 Å². The highest BCUT2D eigenvalue weighted by Crippen LogP contribution is 2.38. The fourth-order valence-corrected chi connectivity index (χ4v) is 4.08. The summed E-state index contributed by atoms with van der Waals surface area (Å²) < 4.78 is 22.5. The zero-order chi connectivity index (χ0) is 23.7. The van der Waals surface area contributed by atoms with Gasteiger partial charge in [-0.25, -0.2) is 0 Å². The first kappa shape index (κ1) is 21.9. The molecule has 3 aromatic carbocycles. The highest BCUT2D eigenvalue weighted by atomic mass is 35.5. The number of fused-ring (bicyclic) bond motifs is 2. The minimum Gasteiger partial charge on any atom is -0.496 e. The Bertz CT molecular complexity index is 1400. The molecule has 4 aromatic rings. The third-order valence-corrected chi connectivity index (χ3v) is 5.88. The number of ether oxygens (including phenoxy) is 3. The van der Waals surface area contributed by atoms with Crippen LogP contribution >= 0.6 is 11.6 Å². The van der Waals surface area contributed by atoms with Crippen molar-refractivity contribution in [1.82, 2.24) is 0 Å². The smallest absolute Gasteiger partial charge is 0.248 e. The summed E-state index contributed by atoms with van der Waals surface area (Å²) in [5, 5.41) is 4.47. The maximum Gasteiger partial charge on any atom is 0.248 e. The molecular formula is C27H22ClNO5. The third-order valence-electron chi connectivity index (χ3n) is 5.63. The van der Waals surface area contributed by atoms with Gasteiger partial charge in [0.05, 0.1) is 13.4 Å². The van der Waals surface area contributed by atoms with Gasteiger partial charge < -0.3 is 23.9 Å². The number of amides is 1. The van der Waals surface area contributed by atoms with Crippen molar-refractivity contribution in [1.29, 1.82) is 0 Å². The zero-order valence-electron chi connectivity index (χ0n) is 18.7. The second-order valence-electron chi connectivity index (χ2n) is 7.88. The van der Waals surface area contributed by atoms with E-state index in [2.05, 4.69) is 5.32 Å². The second kappa shape index (κ2) is 9.15. The predicted octanol–water partition coefficient (Wildman–Crippen LogP) is 6.58. The van der Waals surface area contributed by atoms with E-state index >= 15 is 0 Å². The minimum absolute atomic E-state index is 0.263. The van der Waals surface area contributed by atoms with Gasteiger partial charge in [0.25, 0.3) is 0 Å². The second-order valence-corrected chi connectivity index (χ2v) is 8.32. The van der Waals surface area contributed by atoms with Crippen molar-refractivity contribution in [3.05, 3.63) is 77.5 Å². The number of furan rings is 1. The van der Waals surface area contributed by atoms with Gasteiger partial charge in [0.15, 0.2) is 11.5 Å². The van der Waals surface area contributed by atoms with E-state index in [-0.39, 0.29) is 5.91 Å². The van der Waals surface area contributed by atoms with Crippen molar-refractivity contribution < 1.29 is 23.4 Å². The summed E-state index contributed by atoms with van der Waals surface area (Å²) in [5.41, 5.74) is 4.78. The molecule has 5 rings (SSSR count). The lowest BCUT2D eigenvalue weighted by Gasteiger charge is -2.18. The summed E-state index contributed by atoms with van der Waals surface area (Å²) in [7, 11) is 1.59. The summed E-state index contributed by atoms with van der Waals surface area (Å²) in [6.07, 6.45) is 3.26. The summed E-state index contributed by atoms with van der Waals surface area (Å²) >= 11 is 6.04. The number of hydrogen-bond donors (Lipinski definition) is 1. The molecule has 2 heterocycles. The Hall–Kier alpha value is -3.90. The number of anilines is 1. The van der Waals surface area contributed by atoms with Gasteiger partial charge >= 0.3 is 0 Å². The van der Waals surface area contributed by atoms with Gasteiger partial charge in [-0.15, -0.1) is 0 Å². The Morgan fingerprint density at radius 2 is 1.79 bits per heavy atom. The molecule has 0 fully saturated rings. The molecule has 0 saturated carbocycles. The standard InChI is InChI=1S/C27H22ClNO5/c1-16(11-27(30)29-19-7-8-23-26(12-19)33-10-9-32-23)20-13-21-22(17-3-5-18(28)6-4-17)15-34-25(21)14-24(20)31-2/h3-8,11-15H,9-10H2,1-2H3,(H,29,30)/b16-11+. The zero-order valence-corrected chi connectivity index (χ0v) is 19.4. The van der Waals surface area contributed by atoms with Crippen molar-refractivity contribution in [2.75, 3.05) is 25.6 Å². The van der Waals surface area contributed by atoms with Crippen LogP contribution in [0.3, 0.4) is 0 Å². The van der Waals surface area contributed by atoms with Gasteiger partial charge in [-0.05, 0) is 48.4 Å². The third kappa shape index (κ3) is 4.32. The maximum absolute atomic E-state index is 12.8. The summed E-state index contributed by atoms with van der Waals surface area (Å²) in [6, 6.07) is 16.7. The van der Waals surface area contributed by atoms with Crippen molar-refractivity contribution in [3.63, 3.8) is 0 Å². The first-order valence-electron chi connectivity index (χ1n) is 10.8. The molecule has 1 aromatic heterocycles. The van der Waals surface area contributed by atoms with Crippen LogP contribution < -0.4 is 19.5 Å². The number of rotatable bonds is 5. The van der Waals surface area contributed by atoms with E-state index < -0.39 is 0 Å².